The maximum atomic E-state index is 12.3. The van der Waals surface area contributed by atoms with Gasteiger partial charge in [0.15, 0.2) is 0 Å². The number of carbonyl (C=O) groups excluding carboxylic acids is 3. The first-order valence-corrected chi connectivity index (χ1v) is 10.9. The molecule has 160 valence electrons. The van der Waals surface area contributed by atoms with E-state index in [0.29, 0.717) is 30.6 Å². The van der Waals surface area contributed by atoms with Crippen LogP contribution in [0.3, 0.4) is 0 Å². The van der Waals surface area contributed by atoms with Gasteiger partial charge in [-0.05, 0) is 37.1 Å². The molecule has 1 aromatic carbocycles. The van der Waals surface area contributed by atoms with E-state index in [1.807, 2.05) is 12.1 Å². The van der Waals surface area contributed by atoms with Crippen molar-refractivity contribution in [2.75, 3.05) is 6.54 Å². The first kappa shape index (κ1) is 21.8. The summed E-state index contributed by atoms with van der Waals surface area (Å²) in [5.41, 5.74) is 1.05. The fourth-order valence-corrected chi connectivity index (χ4v) is 3.75. The van der Waals surface area contributed by atoms with Crippen molar-refractivity contribution in [3.05, 3.63) is 59.5 Å². The number of furan rings is 1. The molecule has 0 saturated carbocycles. The van der Waals surface area contributed by atoms with Crippen LogP contribution in [0.5, 0.6) is 0 Å². The number of nitrogens with zero attached hydrogens (tertiary/aromatic N) is 1. The van der Waals surface area contributed by atoms with Gasteiger partial charge >= 0.3 is 0 Å². The van der Waals surface area contributed by atoms with Crippen molar-refractivity contribution in [3.63, 3.8) is 0 Å². The van der Waals surface area contributed by atoms with E-state index in [4.69, 9.17) is 4.42 Å². The number of benzene rings is 1. The Morgan fingerprint density at radius 3 is 2.00 bits per heavy atom. The fraction of sp³-hybridized carbons (Fsp3) is 0.458. The molecule has 6 heteroatoms. The molecule has 1 aliphatic rings. The molecule has 0 aliphatic carbocycles. The summed E-state index contributed by atoms with van der Waals surface area (Å²) in [4.78, 5) is 37.7. The second kappa shape index (κ2) is 11.3. The Labute approximate surface area is 177 Å². The van der Waals surface area contributed by atoms with E-state index >= 15 is 0 Å². The largest absolute Gasteiger partial charge is 0.467 e. The molecular formula is C24H30N2O4. The van der Waals surface area contributed by atoms with Crippen LogP contribution in [0.2, 0.25) is 0 Å². The molecule has 3 amide bonds. The summed E-state index contributed by atoms with van der Waals surface area (Å²) in [6.07, 6.45) is 10.5. The minimum Gasteiger partial charge on any atom is -0.467 e. The van der Waals surface area contributed by atoms with Gasteiger partial charge in [0, 0.05) is 13.0 Å². The minimum atomic E-state index is -0.163. The molecule has 0 radical (unpaired) electrons. The molecule has 30 heavy (non-hydrogen) atoms. The highest BCUT2D eigenvalue weighted by Crippen LogP contribution is 2.23. The van der Waals surface area contributed by atoms with Crippen LogP contribution in [0.4, 0.5) is 0 Å². The predicted octanol–water partition coefficient (Wildman–Crippen LogP) is 4.70. The van der Waals surface area contributed by atoms with E-state index in [1.165, 1.54) is 4.90 Å². The van der Waals surface area contributed by atoms with Gasteiger partial charge in [0.1, 0.15) is 5.76 Å². The Morgan fingerprint density at radius 1 is 0.800 bits per heavy atom. The number of imide groups is 1. The summed E-state index contributed by atoms with van der Waals surface area (Å²) in [5, 5.41) is 2.86. The Balaban J connectivity index is 1.16. The second-order valence-corrected chi connectivity index (χ2v) is 7.74. The summed E-state index contributed by atoms with van der Waals surface area (Å²) in [6.45, 7) is 0.950. The minimum absolute atomic E-state index is 0.0690. The van der Waals surface area contributed by atoms with Crippen LogP contribution in [0.15, 0.2) is 47.1 Å². The molecule has 1 aromatic heterocycles. The van der Waals surface area contributed by atoms with E-state index in [9.17, 15) is 14.4 Å². The summed E-state index contributed by atoms with van der Waals surface area (Å²) in [7, 11) is 0. The fourth-order valence-electron chi connectivity index (χ4n) is 3.75. The zero-order valence-corrected chi connectivity index (χ0v) is 17.4. The van der Waals surface area contributed by atoms with Crippen LogP contribution in [-0.4, -0.2) is 29.2 Å². The van der Waals surface area contributed by atoms with Crippen LogP contribution < -0.4 is 5.32 Å². The van der Waals surface area contributed by atoms with E-state index in [0.717, 1.165) is 57.1 Å². The van der Waals surface area contributed by atoms with Crippen molar-refractivity contribution in [2.45, 2.75) is 64.3 Å². The summed E-state index contributed by atoms with van der Waals surface area (Å²) < 4.78 is 5.19. The van der Waals surface area contributed by atoms with Crippen LogP contribution in [0.25, 0.3) is 0 Å². The molecule has 0 bridgehead atoms. The van der Waals surface area contributed by atoms with E-state index in [1.54, 1.807) is 30.5 Å². The zero-order chi connectivity index (χ0) is 21.2. The number of rotatable bonds is 13. The molecule has 3 rings (SSSR count). The topological polar surface area (TPSA) is 79.6 Å². The number of unbranched alkanes of at least 4 members (excludes halogenated alkanes) is 7. The zero-order valence-electron chi connectivity index (χ0n) is 17.4. The Hall–Kier alpha value is -2.89. The van der Waals surface area contributed by atoms with E-state index in [2.05, 4.69) is 5.32 Å². The first-order valence-electron chi connectivity index (χ1n) is 10.9. The molecule has 1 N–H and O–H groups in total. The Morgan fingerprint density at radius 2 is 1.40 bits per heavy atom. The number of fused-ring (bicyclic) bond motifs is 1. The highest BCUT2D eigenvalue weighted by molar-refractivity contribution is 6.21. The standard InChI is InChI=1S/C24H30N2O4/c27-22(25-18-19-12-11-17-30-19)15-7-5-3-1-2-4-6-10-16-26-23(28)20-13-8-9-14-21(20)24(26)29/h8-9,11-14,17H,1-7,10,15-16,18H2,(H,25,27). The van der Waals surface area contributed by atoms with Crippen molar-refractivity contribution in [3.8, 4) is 0 Å². The van der Waals surface area contributed by atoms with Crippen molar-refractivity contribution in [1.82, 2.24) is 10.2 Å². The smallest absolute Gasteiger partial charge is 0.261 e. The lowest BCUT2D eigenvalue weighted by Gasteiger charge is -2.13. The number of amides is 3. The van der Waals surface area contributed by atoms with Gasteiger partial charge < -0.3 is 9.73 Å². The first-order chi connectivity index (χ1) is 14.7. The van der Waals surface area contributed by atoms with Gasteiger partial charge in [0.05, 0.1) is 23.9 Å². The Bertz CT molecular complexity index is 810. The van der Waals surface area contributed by atoms with Crippen LogP contribution in [0.1, 0.15) is 84.3 Å². The normalized spacial score (nSPS) is 13.0. The van der Waals surface area contributed by atoms with Crippen LogP contribution in [-0.2, 0) is 11.3 Å². The Kier molecular flexibility index (Phi) is 8.24. The quantitative estimate of drug-likeness (QED) is 0.383. The molecule has 0 spiro atoms. The van der Waals surface area contributed by atoms with Crippen molar-refractivity contribution >= 4 is 17.7 Å². The maximum absolute atomic E-state index is 12.3. The molecule has 0 unspecified atom stereocenters. The lowest BCUT2D eigenvalue weighted by atomic mass is 10.1. The molecule has 2 aromatic rings. The lowest BCUT2D eigenvalue weighted by molar-refractivity contribution is -0.121. The summed E-state index contributed by atoms with van der Waals surface area (Å²) in [6, 6.07) is 10.7. The van der Waals surface area contributed by atoms with Gasteiger partial charge in [-0.25, -0.2) is 0 Å². The van der Waals surface area contributed by atoms with Gasteiger partial charge in [-0.2, -0.15) is 0 Å². The van der Waals surface area contributed by atoms with Crippen molar-refractivity contribution in [1.29, 1.82) is 0 Å². The van der Waals surface area contributed by atoms with Gasteiger partial charge in [0.25, 0.3) is 11.8 Å². The third-order valence-corrected chi connectivity index (χ3v) is 5.45. The van der Waals surface area contributed by atoms with Gasteiger partial charge in [-0.15, -0.1) is 0 Å². The molecule has 2 heterocycles. The molecule has 0 saturated heterocycles. The van der Waals surface area contributed by atoms with Crippen LogP contribution in [0, 0.1) is 0 Å². The van der Waals surface area contributed by atoms with Crippen molar-refractivity contribution in [2.24, 2.45) is 0 Å². The maximum Gasteiger partial charge on any atom is 0.261 e. The number of nitrogens with one attached hydrogen (secondary N) is 1. The molecule has 0 atom stereocenters. The third-order valence-electron chi connectivity index (χ3n) is 5.45. The van der Waals surface area contributed by atoms with E-state index < -0.39 is 0 Å². The molecule has 1 aliphatic heterocycles. The number of hydrogen-bond donors (Lipinski definition) is 1. The SMILES string of the molecule is O=C(CCCCCCCCCCN1C(=O)c2ccccc2C1=O)NCc1ccco1. The summed E-state index contributed by atoms with van der Waals surface area (Å²) in [5.74, 6) is 0.513. The molecule has 6 nitrogen and oxygen atoms in total. The molecular weight excluding hydrogens is 380 g/mol. The summed E-state index contributed by atoms with van der Waals surface area (Å²) >= 11 is 0. The van der Waals surface area contributed by atoms with Gasteiger partial charge in [-0.1, -0.05) is 50.7 Å². The van der Waals surface area contributed by atoms with Crippen LogP contribution >= 0.6 is 0 Å². The number of carbonyl (C=O) groups is 3. The third kappa shape index (κ3) is 6.05. The highest BCUT2D eigenvalue weighted by atomic mass is 16.3. The highest BCUT2D eigenvalue weighted by Gasteiger charge is 2.34. The average molecular weight is 411 g/mol. The van der Waals surface area contributed by atoms with Gasteiger partial charge in [0.2, 0.25) is 5.91 Å². The van der Waals surface area contributed by atoms with Gasteiger partial charge in [-0.3, -0.25) is 19.3 Å². The number of hydrogen-bond acceptors (Lipinski definition) is 4. The van der Waals surface area contributed by atoms with E-state index in [-0.39, 0.29) is 17.7 Å². The predicted molar refractivity (Wildman–Crippen MR) is 114 cm³/mol. The van der Waals surface area contributed by atoms with Crippen molar-refractivity contribution < 1.29 is 18.8 Å². The average Bonchev–Trinajstić information content (AvgIpc) is 3.36. The molecule has 0 fully saturated rings. The lowest BCUT2D eigenvalue weighted by Crippen LogP contribution is -2.30. The monoisotopic (exact) mass is 410 g/mol. The second-order valence-electron chi connectivity index (χ2n) is 7.74.